The van der Waals surface area contributed by atoms with Crippen LogP contribution in [0.25, 0.3) is 5.76 Å². The molecular weight excluding hydrogens is 536 g/mol. The molecule has 1 aromatic rings. The number of hydrogen-bond acceptors (Lipinski definition) is 11. The van der Waals surface area contributed by atoms with E-state index in [1.165, 1.54) is 11.0 Å². The van der Waals surface area contributed by atoms with E-state index >= 15 is 0 Å². The second-order valence-electron chi connectivity index (χ2n) is 11.2. The van der Waals surface area contributed by atoms with Crippen LogP contribution in [0.3, 0.4) is 0 Å². The number of aromatic hydroxyl groups is 1. The summed E-state index contributed by atoms with van der Waals surface area (Å²) in [5.74, 6) is -8.40. The van der Waals surface area contributed by atoms with Gasteiger partial charge in [0.2, 0.25) is 11.7 Å². The van der Waals surface area contributed by atoms with Gasteiger partial charge in [-0.3, -0.25) is 19.7 Å². The first-order chi connectivity index (χ1) is 19.2. The minimum atomic E-state index is -2.75. The Balaban J connectivity index is 1.87. The highest BCUT2D eigenvalue weighted by Crippen LogP contribution is 2.54. The van der Waals surface area contributed by atoms with Crippen LogP contribution in [0.1, 0.15) is 24.0 Å². The third-order valence-corrected chi connectivity index (χ3v) is 8.34. The van der Waals surface area contributed by atoms with Crippen molar-refractivity contribution in [2.24, 2.45) is 23.5 Å². The zero-order valence-electron chi connectivity index (χ0n) is 23.4. The van der Waals surface area contributed by atoms with Crippen LogP contribution in [-0.2, 0) is 25.5 Å². The van der Waals surface area contributed by atoms with Gasteiger partial charge in [0.25, 0.3) is 0 Å². The number of nitrogens with zero attached hydrogens (tertiary/aromatic N) is 2. The number of phenols is 1. The molecule has 222 valence electrons. The number of carbonyl (C=O) groups excluding carboxylic acids is 4. The zero-order chi connectivity index (χ0) is 30.5. The van der Waals surface area contributed by atoms with Crippen molar-refractivity contribution in [3.05, 3.63) is 35.4 Å². The summed E-state index contributed by atoms with van der Waals surface area (Å²) in [6, 6.07) is 0.528. The number of benzene rings is 1. The summed E-state index contributed by atoms with van der Waals surface area (Å²) < 4.78 is 5.06. The van der Waals surface area contributed by atoms with Gasteiger partial charge in [-0.2, -0.15) is 0 Å². The number of amides is 2. The van der Waals surface area contributed by atoms with Gasteiger partial charge in [-0.05, 0) is 50.9 Å². The standard InChI is InChI=1S/C28H36N4O9/c1-6-7-8-41-27(39)30-15-11-16(31(2)3)13-9-12-10-14-20(32(4)5)23(35)19(26(29)38)25(37)28(14,40)24(36)17(12)22(34)18(13)21(15)33/h6,11-12,14,19-20,23,33-35,40H,1,7-10H2,2-5H3,(H2,29,38)(H,30,39)/t12-,14-,19?,20-,23?,28-/m0/s1. The quantitative estimate of drug-likeness (QED) is 0.114. The van der Waals surface area contributed by atoms with Crippen molar-refractivity contribution in [3.63, 3.8) is 0 Å². The molecule has 1 aromatic carbocycles. The number of rotatable bonds is 7. The van der Waals surface area contributed by atoms with Crippen molar-refractivity contribution in [3.8, 4) is 5.75 Å². The molecule has 0 radical (unpaired) electrons. The van der Waals surface area contributed by atoms with Gasteiger partial charge in [-0.15, -0.1) is 6.58 Å². The summed E-state index contributed by atoms with van der Waals surface area (Å²) in [7, 11) is 6.62. The predicted octanol–water partition coefficient (Wildman–Crippen LogP) is 0.320. The average Bonchev–Trinajstić information content (AvgIpc) is 2.87. The number of carbonyl (C=O) groups is 4. The lowest BCUT2D eigenvalue weighted by Gasteiger charge is -2.53. The summed E-state index contributed by atoms with van der Waals surface area (Å²) in [5.41, 5.74) is 3.13. The number of primary amides is 1. The third-order valence-electron chi connectivity index (χ3n) is 8.34. The molecule has 3 aliphatic carbocycles. The molecule has 0 bridgehead atoms. The molecule has 41 heavy (non-hydrogen) atoms. The Bertz CT molecular complexity index is 1350. The summed E-state index contributed by atoms with van der Waals surface area (Å²) in [6.07, 6.45) is -0.323. The number of hydrogen-bond donors (Lipinski definition) is 6. The number of aliphatic hydroxyl groups excluding tert-OH is 2. The van der Waals surface area contributed by atoms with E-state index in [9.17, 15) is 39.6 Å². The fourth-order valence-electron chi connectivity index (χ4n) is 6.53. The Labute approximate surface area is 236 Å². The molecule has 0 saturated heterocycles. The van der Waals surface area contributed by atoms with Gasteiger partial charge in [0.15, 0.2) is 17.1 Å². The molecule has 0 aromatic heterocycles. The molecule has 2 saturated carbocycles. The number of ketones is 2. The summed E-state index contributed by atoms with van der Waals surface area (Å²) in [5, 5.41) is 47.8. The van der Waals surface area contributed by atoms with Gasteiger partial charge in [0, 0.05) is 37.3 Å². The van der Waals surface area contributed by atoms with Gasteiger partial charge in [-0.1, -0.05) is 6.08 Å². The fraction of sp³-hybridized carbons (Fsp3) is 0.500. The first-order valence-electron chi connectivity index (χ1n) is 13.2. The van der Waals surface area contributed by atoms with E-state index < -0.39 is 70.6 Å². The molecule has 13 heteroatoms. The maximum Gasteiger partial charge on any atom is 0.411 e. The van der Waals surface area contributed by atoms with E-state index in [0.29, 0.717) is 17.7 Å². The molecule has 3 aliphatic rings. The Morgan fingerprint density at radius 3 is 2.46 bits per heavy atom. The topological polar surface area (TPSA) is 203 Å². The smallest absolute Gasteiger partial charge is 0.411 e. The molecule has 4 rings (SSSR count). The number of nitrogens with two attached hydrogens (primary N) is 1. The van der Waals surface area contributed by atoms with Crippen molar-refractivity contribution in [1.29, 1.82) is 0 Å². The Morgan fingerprint density at radius 1 is 1.24 bits per heavy atom. The number of anilines is 2. The highest BCUT2D eigenvalue weighted by Gasteiger charge is 2.67. The van der Waals surface area contributed by atoms with Crippen LogP contribution in [0.4, 0.5) is 16.2 Å². The molecule has 13 nitrogen and oxygen atoms in total. The van der Waals surface area contributed by atoms with Crippen molar-refractivity contribution in [2.45, 2.75) is 37.0 Å². The number of ether oxygens (including phenoxy) is 1. The molecule has 0 spiro atoms. The number of phenolic OH excluding ortho intramolecular Hbond substituents is 1. The third kappa shape index (κ3) is 4.63. The molecule has 2 fully saturated rings. The predicted molar refractivity (Wildman–Crippen MR) is 148 cm³/mol. The van der Waals surface area contributed by atoms with Crippen molar-refractivity contribution in [2.75, 3.05) is 45.0 Å². The summed E-state index contributed by atoms with van der Waals surface area (Å²) in [4.78, 5) is 55.2. The van der Waals surface area contributed by atoms with Gasteiger partial charge >= 0.3 is 6.09 Å². The van der Waals surface area contributed by atoms with Crippen LogP contribution in [-0.4, -0.2) is 101 Å². The maximum atomic E-state index is 14.0. The average molecular weight is 573 g/mol. The maximum absolute atomic E-state index is 14.0. The number of likely N-dealkylation sites (N-methyl/N-ethyl adjacent to an activating group) is 1. The van der Waals surface area contributed by atoms with Crippen LogP contribution in [0.2, 0.25) is 0 Å². The van der Waals surface area contributed by atoms with Crippen LogP contribution in [0, 0.1) is 17.8 Å². The zero-order valence-corrected chi connectivity index (χ0v) is 23.4. The largest absolute Gasteiger partial charge is 0.507 e. The fourth-order valence-corrected chi connectivity index (χ4v) is 6.53. The van der Waals surface area contributed by atoms with Crippen molar-refractivity contribution < 1.29 is 44.3 Å². The summed E-state index contributed by atoms with van der Waals surface area (Å²) >= 11 is 0. The van der Waals surface area contributed by atoms with Crippen molar-refractivity contribution >= 4 is 40.7 Å². The van der Waals surface area contributed by atoms with E-state index in [1.807, 2.05) is 0 Å². The number of Topliss-reactive ketones (excluding diaryl/α,β-unsaturated/α-hetero) is 2. The molecule has 2 amide bonds. The lowest BCUT2D eigenvalue weighted by Crippen LogP contribution is -2.73. The Hall–Kier alpha value is -3.94. The van der Waals surface area contributed by atoms with E-state index in [0.717, 1.165) is 0 Å². The molecular formula is C28H36N4O9. The first kappa shape index (κ1) is 30.0. The van der Waals surface area contributed by atoms with Gasteiger partial charge < -0.3 is 40.7 Å². The Kier molecular flexibility index (Phi) is 7.91. The molecule has 2 unspecified atom stereocenters. The van der Waals surface area contributed by atoms with Crippen LogP contribution in [0.5, 0.6) is 5.75 Å². The van der Waals surface area contributed by atoms with Crippen LogP contribution in [0.15, 0.2) is 24.3 Å². The highest BCUT2D eigenvalue weighted by molar-refractivity contribution is 6.25. The Morgan fingerprint density at radius 2 is 1.90 bits per heavy atom. The molecule has 7 N–H and O–H groups in total. The van der Waals surface area contributed by atoms with Crippen molar-refractivity contribution in [1.82, 2.24) is 4.90 Å². The number of fused-ring (bicyclic) bond motifs is 3. The SMILES string of the molecule is C=CCCOC(=O)Nc1cc(N(C)C)c2c(c1O)C(O)=C1C(=O)[C@]3(O)C(=O)C(C(N)=O)C(O)[C@@H](N(C)C)[C@@H]3C[C@@H]1C2. The van der Waals surface area contributed by atoms with E-state index in [2.05, 4.69) is 11.9 Å². The second-order valence-corrected chi connectivity index (χ2v) is 11.2. The number of aliphatic hydroxyl groups is 3. The minimum Gasteiger partial charge on any atom is -0.507 e. The van der Waals surface area contributed by atoms with E-state index in [4.69, 9.17) is 10.5 Å². The molecule has 0 heterocycles. The van der Waals surface area contributed by atoms with Crippen LogP contribution < -0.4 is 16.0 Å². The highest BCUT2D eigenvalue weighted by atomic mass is 16.5. The first-order valence-corrected chi connectivity index (χ1v) is 13.2. The number of nitrogens with one attached hydrogen (secondary N) is 1. The normalized spacial score (nSPS) is 28.9. The van der Waals surface area contributed by atoms with E-state index in [-0.39, 0.29) is 36.3 Å². The molecule has 6 atom stereocenters. The second kappa shape index (κ2) is 10.8. The van der Waals surface area contributed by atoms with Gasteiger partial charge in [0.1, 0.15) is 11.7 Å². The summed E-state index contributed by atoms with van der Waals surface area (Å²) in [6.45, 7) is 3.60. The monoisotopic (exact) mass is 572 g/mol. The lowest BCUT2D eigenvalue weighted by atomic mass is 9.54. The minimum absolute atomic E-state index is 0.00145. The van der Waals surface area contributed by atoms with Gasteiger partial charge in [0.05, 0.1) is 24.0 Å². The van der Waals surface area contributed by atoms with Gasteiger partial charge in [-0.25, -0.2) is 4.79 Å². The molecule has 0 aliphatic heterocycles. The van der Waals surface area contributed by atoms with E-state index in [1.54, 1.807) is 39.2 Å². The van der Waals surface area contributed by atoms with Crippen LogP contribution >= 0.6 is 0 Å². The lowest BCUT2D eigenvalue weighted by molar-refractivity contribution is -0.184.